The van der Waals surface area contributed by atoms with E-state index in [9.17, 15) is 8.78 Å². The molecule has 3 nitrogen and oxygen atoms in total. The van der Waals surface area contributed by atoms with Gasteiger partial charge in [0.05, 0.1) is 17.3 Å². The average molecular weight is 543 g/mol. The minimum absolute atomic E-state index is 0.0568. The number of para-hydroxylation sites is 1. The van der Waals surface area contributed by atoms with Gasteiger partial charge in [0.25, 0.3) is 0 Å². The summed E-state index contributed by atoms with van der Waals surface area (Å²) < 4.78 is 63.5. The number of rotatable bonds is 9. The zero-order valence-electron chi connectivity index (χ0n) is 20.8. The molecule has 1 aliphatic rings. The monoisotopic (exact) mass is 542 g/mol. The van der Waals surface area contributed by atoms with Crippen LogP contribution in [0.1, 0.15) is 30.2 Å². The van der Waals surface area contributed by atoms with Gasteiger partial charge in [0, 0.05) is 59.9 Å². The molecule has 38 heavy (non-hydrogen) atoms. The van der Waals surface area contributed by atoms with Crippen LogP contribution in [0.5, 0.6) is 5.75 Å². The van der Waals surface area contributed by atoms with E-state index in [1.807, 2.05) is 42.2 Å². The predicted molar refractivity (Wildman–Crippen MR) is 144 cm³/mol. The number of nitrogens with zero attached hydrogens (tertiary/aromatic N) is 1. The minimum atomic E-state index is -0.792. The SMILES string of the molecule is CC/C(=C(\c1cc2ccccc2[nH]1)c1c(F)cc(OCCN2CC(CF)C2)cc1F)c1ccc(F)cc1Cl. The van der Waals surface area contributed by atoms with E-state index in [2.05, 4.69) is 4.98 Å². The first-order valence-electron chi connectivity index (χ1n) is 12.5. The highest BCUT2D eigenvalue weighted by molar-refractivity contribution is 6.32. The highest BCUT2D eigenvalue weighted by Crippen LogP contribution is 2.40. The van der Waals surface area contributed by atoms with Crippen LogP contribution in [0.3, 0.4) is 0 Å². The van der Waals surface area contributed by atoms with Crippen LogP contribution in [0.15, 0.2) is 60.7 Å². The molecular formula is C30H27ClF4N2O. The zero-order chi connectivity index (χ0) is 26.8. The van der Waals surface area contributed by atoms with Gasteiger partial charge in [-0.15, -0.1) is 0 Å². The van der Waals surface area contributed by atoms with Gasteiger partial charge < -0.3 is 9.72 Å². The fourth-order valence-corrected chi connectivity index (χ4v) is 5.30. The summed E-state index contributed by atoms with van der Waals surface area (Å²) in [5, 5.41) is 1.03. The van der Waals surface area contributed by atoms with Crippen LogP contribution in [0.4, 0.5) is 17.6 Å². The molecule has 0 bridgehead atoms. The van der Waals surface area contributed by atoms with Crippen LogP contribution in [0.25, 0.3) is 22.0 Å². The molecule has 198 valence electrons. The van der Waals surface area contributed by atoms with E-state index < -0.39 is 17.5 Å². The lowest BCUT2D eigenvalue weighted by Gasteiger charge is -2.37. The molecule has 1 aliphatic heterocycles. The minimum Gasteiger partial charge on any atom is -0.492 e. The number of halogens is 5. The molecule has 1 N–H and O–H groups in total. The topological polar surface area (TPSA) is 28.3 Å². The molecule has 0 radical (unpaired) electrons. The lowest BCUT2D eigenvalue weighted by molar-refractivity contribution is 0.0667. The second-order valence-corrected chi connectivity index (χ2v) is 9.90. The Hall–Kier alpha value is -3.29. The maximum atomic E-state index is 15.7. The number of fused-ring (bicyclic) bond motifs is 1. The number of alkyl halides is 1. The third-order valence-corrected chi connectivity index (χ3v) is 7.22. The summed E-state index contributed by atoms with van der Waals surface area (Å²) in [6.45, 7) is 3.61. The van der Waals surface area contributed by atoms with E-state index in [1.54, 1.807) is 0 Å². The number of aromatic amines is 1. The van der Waals surface area contributed by atoms with Crippen LogP contribution in [0, 0.1) is 23.4 Å². The van der Waals surface area contributed by atoms with E-state index in [-0.39, 0.29) is 35.5 Å². The highest BCUT2D eigenvalue weighted by Gasteiger charge is 2.27. The summed E-state index contributed by atoms with van der Waals surface area (Å²) >= 11 is 6.41. The Labute approximate surface area is 223 Å². The van der Waals surface area contributed by atoms with Gasteiger partial charge in [-0.05, 0) is 41.8 Å². The van der Waals surface area contributed by atoms with Crippen molar-refractivity contribution in [2.45, 2.75) is 13.3 Å². The molecule has 0 amide bonds. The van der Waals surface area contributed by atoms with Crippen LogP contribution in [-0.4, -0.2) is 42.8 Å². The fourth-order valence-electron chi connectivity index (χ4n) is 5.01. The van der Waals surface area contributed by atoms with Crippen LogP contribution in [0.2, 0.25) is 5.02 Å². The highest BCUT2D eigenvalue weighted by atomic mass is 35.5. The number of ether oxygens (including phenoxy) is 1. The molecule has 1 saturated heterocycles. The Morgan fingerprint density at radius 2 is 1.76 bits per heavy atom. The number of allylic oxidation sites excluding steroid dienone is 1. The second-order valence-electron chi connectivity index (χ2n) is 9.49. The summed E-state index contributed by atoms with van der Waals surface area (Å²) in [6.07, 6.45) is 0.378. The molecule has 0 saturated carbocycles. The van der Waals surface area contributed by atoms with E-state index >= 15 is 8.78 Å². The summed E-state index contributed by atoms with van der Waals surface area (Å²) in [7, 11) is 0. The van der Waals surface area contributed by atoms with Crippen molar-refractivity contribution >= 4 is 33.7 Å². The average Bonchev–Trinajstić information content (AvgIpc) is 3.29. The Morgan fingerprint density at radius 1 is 1.03 bits per heavy atom. The summed E-state index contributed by atoms with van der Waals surface area (Å²) in [6, 6.07) is 15.7. The molecule has 3 aromatic carbocycles. The van der Waals surface area contributed by atoms with Gasteiger partial charge in [-0.3, -0.25) is 9.29 Å². The van der Waals surface area contributed by atoms with Crippen molar-refractivity contribution < 1.29 is 22.3 Å². The molecule has 1 fully saturated rings. The van der Waals surface area contributed by atoms with Crippen molar-refractivity contribution in [3.63, 3.8) is 0 Å². The van der Waals surface area contributed by atoms with Gasteiger partial charge in [0.1, 0.15) is 29.8 Å². The zero-order valence-corrected chi connectivity index (χ0v) is 21.6. The van der Waals surface area contributed by atoms with Gasteiger partial charge in [0.2, 0.25) is 0 Å². The lowest BCUT2D eigenvalue weighted by Crippen LogP contribution is -2.49. The normalized spacial score (nSPS) is 15.0. The molecule has 0 spiro atoms. The first kappa shape index (κ1) is 26.3. The predicted octanol–water partition coefficient (Wildman–Crippen LogP) is 7.89. The Kier molecular flexibility index (Phi) is 7.77. The molecule has 0 atom stereocenters. The number of nitrogens with one attached hydrogen (secondary N) is 1. The summed E-state index contributed by atoms with van der Waals surface area (Å²) in [5.74, 6) is -1.96. The maximum Gasteiger partial charge on any atom is 0.137 e. The number of aromatic nitrogens is 1. The molecule has 2 heterocycles. The number of likely N-dealkylation sites (tertiary alicyclic amines) is 1. The quantitative estimate of drug-likeness (QED) is 0.172. The number of hydrogen-bond donors (Lipinski definition) is 1. The Morgan fingerprint density at radius 3 is 2.42 bits per heavy atom. The van der Waals surface area contributed by atoms with Gasteiger partial charge in [-0.2, -0.15) is 0 Å². The van der Waals surface area contributed by atoms with Gasteiger partial charge in [0.15, 0.2) is 0 Å². The molecule has 1 aromatic heterocycles. The lowest BCUT2D eigenvalue weighted by atomic mass is 9.90. The molecular weight excluding hydrogens is 516 g/mol. The molecule has 5 rings (SSSR count). The third-order valence-electron chi connectivity index (χ3n) is 6.90. The van der Waals surface area contributed by atoms with Crippen molar-refractivity contribution in [3.8, 4) is 5.75 Å². The maximum absolute atomic E-state index is 15.7. The van der Waals surface area contributed by atoms with E-state index in [4.69, 9.17) is 16.3 Å². The largest absolute Gasteiger partial charge is 0.492 e. The van der Waals surface area contributed by atoms with Crippen molar-refractivity contribution in [2.24, 2.45) is 5.92 Å². The van der Waals surface area contributed by atoms with Gasteiger partial charge in [-0.25, -0.2) is 13.2 Å². The third kappa shape index (κ3) is 5.31. The molecule has 0 aliphatic carbocycles. The second kappa shape index (κ2) is 11.2. The molecule has 0 unspecified atom stereocenters. The van der Waals surface area contributed by atoms with Crippen LogP contribution < -0.4 is 4.74 Å². The van der Waals surface area contributed by atoms with Crippen LogP contribution >= 0.6 is 11.6 Å². The number of hydrogen-bond acceptors (Lipinski definition) is 2. The van der Waals surface area contributed by atoms with Crippen molar-refractivity contribution in [1.82, 2.24) is 9.88 Å². The molecule has 4 aromatic rings. The van der Waals surface area contributed by atoms with E-state index in [0.29, 0.717) is 48.5 Å². The van der Waals surface area contributed by atoms with Gasteiger partial charge >= 0.3 is 0 Å². The standard InChI is InChI=1S/C30H27ClF4N2O/c1-2-22(23-8-7-20(33)12-24(23)31)29(28-11-19-5-3-4-6-27(19)36-28)30-25(34)13-21(14-26(30)35)38-10-9-37-16-18(15-32)17-37/h3-8,11-14,18,36H,2,9-10,15-17H2,1H3/b29-22-. The van der Waals surface area contributed by atoms with Gasteiger partial charge in [-0.1, -0.05) is 42.8 Å². The summed E-state index contributed by atoms with van der Waals surface area (Å²) in [4.78, 5) is 5.30. The first-order valence-corrected chi connectivity index (χ1v) is 12.9. The Bertz CT molecular complexity index is 1440. The smallest absolute Gasteiger partial charge is 0.137 e. The Balaban J connectivity index is 1.56. The first-order chi connectivity index (χ1) is 18.4. The molecule has 8 heteroatoms. The van der Waals surface area contributed by atoms with Crippen molar-refractivity contribution in [3.05, 3.63) is 100.0 Å². The fraction of sp³-hybridized carbons (Fsp3) is 0.267. The van der Waals surface area contributed by atoms with E-state index in [1.165, 1.54) is 30.3 Å². The number of H-pyrrole nitrogens is 1. The summed E-state index contributed by atoms with van der Waals surface area (Å²) in [5.41, 5.74) is 2.45. The van der Waals surface area contributed by atoms with Crippen molar-refractivity contribution in [1.29, 1.82) is 0 Å². The van der Waals surface area contributed by atoms with E-state index in [0.717, 1.165) is 10.9 Å². The number of benzene rings is 3. The van der Waals surface area contributed by atoms with Crippen LogP contribution in [-0.2, 0) is 0 Å². The van der Waals surface area contributed by atoms with Crippen molar-refractivity contribution in [2.75, 3.05) is 32.9 Å².